The van der Waals surface area contributed by atoms with Crippen molar-refractivity contribution in [1.29, 1.82) is 0 Å². The molecule has 0 aromatic carbocycles. The third kappa shape index (κ3) is 6.35. The summed E-state index contributed by atoms with van der Waals surface area (Å²) in [6.45, 7) is 11.6. The summed E-state index contributed by atoms with van der Waals surface area (Å²) in [5.74, 6) is 1.73. The van der Waals surface area contributed by atoms with Gasteiger partial charge in [0.05, 0.1) is 0 Å². The minimum atomic E-state index is 0.830. The Kier molecular flexibility index (Phi) is 9.77. The van der Waals surface area contributed by atoms with E-state index in [1.54, 1.807) is 5.57 Å². The highest BCUT2D eigenvalue weighted by molar-refractivity contribution is 5.02. The van der Waals surface area contributed by atoms with Crippen molar-refractivity contribution in [2.45, 2.75) is 79.6 Å². The van der Waals surface area contributed by atoms with Crippen LogP contribution in [0.2, 0.25) is 0 Å². The summed E-state index contributed by atoms with van der Waals surface area (Å²) in [5, 5.41) is 0. The molecule has 0 aromatic rings. The lowest BCUT2D eigenvalue weighted by atomic mass is 9.83. The van der Waals surface area contributed by atoms with Crippen LogP contribution in [-0.4, -0.2) is 0 Å². The molecule has 0 aromatic heterocycles. The van der Waals surface area contributed by atoms with Crippen LogP contribution in [0.15, 0.2) is 11.6 Å². The van der Waals surface area contributed by atoms with Gasteiger partial charge >= 0.3 is 0 Å². The summed E-state index contributed by atoms with van der Waals surface area (Å²) in [6, 6.07) is 0. The van der Waals surface area contributed by atoms with Gasteiger partial charge in [0.15, 0.2) is 0 Å². The molecule has 0 saturated carbocycles. The van der Waals surface area contributed by atoms with E-state index < -0.39 is 0 Å². The van der Waals surface area contributed by atoms with Gasteiger partial charge in [-0.05, 0) is 38.0 Å². The molecule has 0 radical (unpaired) electrons. The Morgan fingerprint density at radius 2 is 1.62 bits per heavy atom. The van der Waals surface area contributed by atoms with Crippen LogP contribution in [0.4, 0.5) is 0 Å². The molecule has 1 atom stereocenters. The van der Waals surface area contributed by atoms with Crippen molar-refractivity contribution in [2.24, 2.45) is 11.8 Å². The molecule has 0 amide bonds. The minimum Gasteiger partial charge on any atom is -0.0822 e. The van der Waals surface area contributed by atoms with Gasteiger partial charge in [0.25, 0.3) is 0 Å². The van der Waals surface area contributed by atoms with Crippen LogP contribution in [0, 0.1) is 11.8 Å². The highest BCUT2D eigenvalue weighted by Gasteiger charge is 2.15. The molecular weight excluding hydrogens is 192 g/mol. The highest BCUT2D eigenvalue weighted by Crippen LogP contribution is 2.27. The Morgan fingerprint density at radius 1 is 1.00 bits per heavy atom. The Morgan fingerprint density at radius 3 is 2.06 bits per heavy atom. The lowest BCUT2D eigenvalue weighted by molar-refractivity contribution is 0.348. The van der Waals surface area contributed by atoms with Crippen LogP contribution in [0.3, 0.4) is 0 Å². The maximum atomic E-state index is 2.58. The van der Waals surface area contributed by atoms with Crippen molar-refractivity contribution in [1.82, 2.24) is 0 Å². The van der Waals surface area contributed by atoms with E-state index in [0.29, 0.717) is 0 Å². The molecule has 0 heteroatoms. The van der Waals surface area contributed by atoms with Gasteiger partial charge in [-0.3, -0.25) is 0 Å². The van der Waals surface area contributed by atoms with E-state index in [1.165, 1.54) is 44.9 Å². The summed E-state index contributed by atoms with van der Waals surface area (Å²) in [6.07, 6.45) is 11.9. The predicted octanol–water partition coefficient (Wildman–Crippen LogP) is 5.98. The fourth-order valence-corrected chi connectivity index (χ4v) is 2.59. The predicted molar refractivity (Wildman–Crippen MR) is 75.8 cm³/mol. The molecule has 0 fully saturated rings. The first-order valence-electron chi connectivity index (χ1n) is 7.36. The molecule has 0 N–H and O–H groups in total. The normalized spacial score (nSPS) is 14.5. The van der Waals surface area contributed by atoms with Gasteiger partial charge in [0.1, 0.15) is 0 Å². The van der Waals surface area contributed by atoms with Crippen LogP contribution in [-0.2, 0) is 0 Å². The second-order valence-electron chi connectivity index (χ2n) is 5.15. The van der Waals surface area contributed by atoms with Gasteiger partial charge in [-0.1, -0.05) is 65.0 Å². The van der Waals surface area contributed by atoms with Crippen molar-refractivity contribution < 1.29 is 0 Å². The number of hydrogen-bond donors (Lipinski definition) is 0. The summed E-state index contributed by atoms with van der Waals surface area (Å²) in [5.41, 5.74) is 1.62. The molecule has 0 rings (SSSR count). The molecule has 0 bridgehead atoms. The van der Waals surface area contributed by atoms with E-state index in [-0.39, 0.29) is 0 Å². The van der Waals surface area contributed by atoms with Gasteiger partial charge in [-0.2, -0.15) is 0 Å². The Bertz CT molecular complexity index is 174. The molecule has 0 saturated heterocycles. The molecule has 0 nitrogen and oxygen atoms in total. The topological polar surface area (TPSA) is 0 Å². The van der Waals surface area contributed by atoms with Gasteiger partial charge in [-0.25, -0.2) is 0 Å². The molecule has 0 aliphatic rings. The molecule has 0 heterocycles. The standard InChI is InChI=1S/C16H32/c1-6-10-12-14(5)13-16(11-7-2)15(8-3)9-4/h13,15-16H,6-12H2,1-5H3/b14-13+. The third-order valence-electron chi connectivity index (χ3n) is 3.70. The molecule has 0 aliphatic heterocycles. The van der Waals surface area contributed by atoms with Crippen molar-refractivity contribution in [2.75, 3.05) is 0 Å². The third-order valence-corrected chi connectivity index (χ3v) is 3.70. The largest absolute Gasteiger partial charge is 0.0822 e. The summed E-state index contributed by atoms with van der Waals surface area (Å²) in [7, 11) is 0. The van der Waals surface area contributed by atoms with Crippen molar-refractivity contribution >= 4 is 0 Å². The Hall–Kier alpha value is -0.260. The van der Waals surface area contributed by atoms with Crippen LogP contribution >= 0.6 is 0 Å². The lowest BCUT2D eigenvalue weighted by Gasteiger charge is -2.22. The molecular formula is C16H32. The summed E-state index contributed by atoms with van der Waals surface area (Å²) >= 11 is 0. The first-order chi connectivity index (χ1) is 7.69. The smallest absolute Gasteiger partial charge is 0.0203 e. The molecule has 0 spiro atoms. The SMILES string of the molecule is CCCC/C(C)=C/C(CCC)C(CC)CC. The lowest BCUT2D eigenvalue weighted by Crippen LogP contribution is -2.11. The maximum absolute atomic E-state index is 2.58. The first-order valence-corrected chi connectivity index (χ1v) is 7.36. The number of unbranched alkanes of at least 4 members (excludes halogenated alkanes) is 1. The summed E-state index contributed by atoms with van der Waals surface area (Å²) < 4.78 is 0. The Labute approximate surface area is 104 Å². The second-order valence-corrected chi connectivity index (χ2v) is 5.15. The van der Waals surface area contributed by atoms with Gasteiger partial charge in [-0.15, -0.1) is 0 Å². The first kappa shape index (κ1) is 15.7. The van der Waals surface area contributed by atoms with Crippen LogP contribution < -0.4 is 0 Å². The van der Waals surface area contributed by atoms with E-state index in [2.05, 4.69) is 40.7 Å². The number of allylic oxidation sites excluding steroid dienone is 2. The average Bonchev–Trinajstić information content (AvgIpc) is 2.28. The zero-order valence-electron chi connectivity index (χ0n) is 12.2. The summed E-state index contributed by atoms with van der Waals surface area (Å²) in [4.78, 5) is 0. The van der Waals surface area contributed by atoms with E-state index in [0.717, 1.165) is 11.8 Å². The van der Waals surface area contributed by atoms with E-state index >= 15 is 0 Å². The van der Waals surface area contributed by atoms with E-state index in [1.807, 2.05) is 0 Å². The van der Waals surface area contributed by atoms with E-state index in [4.69, 9.17) is 0 Å². The molecule has 16 heavy (non-hydrogen) atoms. The minimum absolute atomic E-state index is 0.830. The average molecular weight is 224 g/mol. The fourth-order valence-electron chi connectivity index (χ4n) is 2.59. The van der Waals surface area contributed by atoms with Gasteiger partial charge in [0, 0.05) is 0 Å². The van der Waals surface area contributed by atoms with Crippen LogP contribution in [0.5, 0.6) is 0 Å². The fraction of sp³-hybridized carbons (Fsp3) is 0.875. The van der Waals surface area contributed by atoms with Crippen molar-refractivity contribution in [3.63, 3.8) is 0 Å². The Balaban J connectivity index is 4.39. The maximum Gasteiger partial charge on any atom is -0.0203 e. The van der Waals surface area contributed by atoms with Crippen LogP contribution in [0.25, 0.3) is 0 Å². The quantitative estimate of drug-likeness (QED) is 0.423. The zero-order valence-corrected chi connectivity index (χ0v) is 12.2. The molecule has 0 aliphatic carbocycles. The monoisotopic (exact) mass is 224 g/mol. The second kappa shape index (κ2) is 9.93. The van der Waals surface area contributed by atoms with E-state index in [9.17, 15) is 0 Å². The van der Waals surface area contributed by atoms with Crippen molar-refractivity contribution in [3.8, 4) is 0 Å². The van der Waals surface area contributed by atoms with Crippen LogP contribution in [0.1, 0.15) is 79.6 Å². The number of hydrogen-bond acceptors (Lipinski definition) is 0. The number of rotatable bonds is 9. The van der Waals surface area contributed by atoms with Gasteiger partial charge in [0.2, 0.25) is 0 Å². The zero-order chi connectivity index (χ0) is 12.4. The van der Waals surface area contributed by atoms with Gasteiger partial charge < -0.3 is 0 Å². The van der Waals surface area contributed by atoms with Crippen molar-refractivity contribution in [3.05, 3.63) is 11.6 Å². The molecule has 1 unspecified atom stereocenters. The molecule has 96 valence electrons. The highest BCUT2D eigenvalue weighted by atomic mass is 14.2.